The van der Waals surface area contributed by atoms with Crippen LogP contribution in [-0.4, -0.2) is 30.0 Å². The van der Waals surface area contributed by atoms with Crippen LogP contribution in [0.3, 0.4) is 0 Å². The SMILES string of the molecule is CC(C)C[C@H](NC(=O)OCc1ccccc1)C(=O)N[C@H](Cc1ccc(C#N)cc1)C(N)=O. The number of ether oxygens (including phenoxy) is 1. The van der Waals surface area contributed by atoms with Gasteiger partial charge >= 0.3 is 6.09 Å². The zero-order valence-corrected chi connectivity index (χ0v) is 18.2. The lowest BCUT2D eigenvalue weighted by molar-refractivity contribution is -0.128. The third kappa shape index (κ3) is 8.11. The maximum Gasteiger partial charge on any atom is 0.408 e. The fourth-order valence-electron chi connectivity index (χ4n) is 3.06. The van der Waals surface area contributed by atoms with Crippen molar-refractivity contribution in [1.82, 2.24) is 10.6 Å². The van der Waals surface area contributed by atoms with E-state index in [0.717, 1.165) is 11.1 Å². The number of carbonyl (C=O) groups excluding carboxylic acids is 3. The Morgan fingerprint density at radius 2 is 1.62 bits per heavy atom. The fraction of sp³-hybridized carbons (Fsp3) is 0.333. The van der Waals surface area contributed by atoms with Crippen LogP contribution in [0.15, 0.2) is 54.6 Å². The predicted molar refractivity (Wildman–Crippen MR) is 119 cm³/mol. The zero-order chi connectivity index (χ0) is 23.5. The highest BCUT2D eigenvalue weighted by molar-refractivity contribution is 5.90. The van der Waals surface area contributed by atoms with Crippen LogP contribution in [0.2, 0.25) is 0 Å². The Morgan fingerprint density at radius 3 is 2.19 bits per heavy atom. The summed E-state index contributed by atoms with van der Waals surface area (Å²) in [7, 11) is 0. The summed E-state index contributed by atoms with van der Waals surface area (Å²) in [5, 5.41) is 14.1. The predicted octanol–water partition coefficient (Wildman–Crippen LogP) is 2.41. The lowest BCUT2D eigenvalue weighted by atomic mass is 10.0. The molecule has 8 nitrogen and oxygen atoms in total. The number of hydrogen-bond donors (Lipinski definition) is 3. The lowest BCUT2D eigenvalue weighted by Gasteiger charge is -2.23. The summed E-state index contributed by atoms with van der Waals surface area (Å²) < 4.78 is 5.21. The molecule has 0 heterocycles. The zero-order valence-electron chi connectivity index (χ0n) is 18.2. The Hall–Kier alpha value is -3.86. The highest BCUT2D eigenvalue weighted by Gasteiger charge is 2.27. The number of nitriles is 1. The highest BCUT2D eigenvalue weighted by atomic mass is 16.5. The molecule has 0 unspecified atom stereocenters. The van der Waals surface area contributed by atoms with E-state index in [1.54, 1.807) is 24.3 Å². The summed E-state index contributed by atoms with van der Waals surface area (Å²) in [5.74, 6) is -1.11. The number of nitrogens with zero attached hydrogens (tertiary/aromatic N) is 1. The number of alkyl carbamates (subject to hydrolysis) is 1. The van der Waals surface area contributed by atoms with Gasteiger partial charge in [0.1, 0.15) is 18.7 Å². The molecule has 3 amide bonds. The van der Waals surface area contributed by atoms with Crippen molar-refractivity contribution >= 4 is 17.9 Å². The Kier molecular flexibility index (Phi) is 9.23. The Labute approximate surface area is 187 Å². The largest absolute Gasteiger partial charge is 0.445 e. The van der Waals surface area contributed by atoms with E-state index in [4.69, 9.17) is 15.7 Å². The highest BCUT2D eigenvalue weighted by Crippen LogP contribution is 2.09. The minimum absolute atomic E-state index is 0.0747. The van der Waals surface area contributed by atoms with Crippen LogP contribution in [0.25, 0.3) is 0 Å². The molecule has 0 spiro atoms. The maximum atomic E-state index is 12.9. The number of benzene rings is 2. The number of nitrogens with two attached hydrogens (primary N) is 1. The first-order chi connectivity index (χ1) is 15.3. The second-order valence-corrected chi connectivity index (χ2v) is 7.86. The van der Waals surface area contributed by atoms with E-state index in [0.29, 0.717) is 12.0 Å². The van der Waals surface area contributed by atoms with Crippen molar-refractivity contribution in [1.29, 1.82) is 5.26 Å². The molecule has 0 aliphatic rings. The summed E-state index contributed by atoms with van der Waals surface area (Å²) in [4.78, 5) is 37.0. The summed E-state index contributed by atoms with van der Waals surface area (Å²) in [6.45, 7) is 3.91. The van der Waals surface area contributed by atoms with Crippen molar-refractivity contribution in [2.45, 2.75) is 45.4 Å². The molecule has 0 radical (unpaired) electrons. The van der Waals surface area contributed by atoms with Crippen LogP contribution in [0.1, 0.15) is 37.0 Å². The second-order valence-electron chi connectivity index (χ2n) is 7.86. The van der Waals surface area contributed by atoms with Gasteiger partial charge in [0.25, 0.3) is 0 Å². The van der Waals surface area contributed by atoms with E-state index >= 15 is 0 Å². The van der Waals surface area contributed by atoms with Gasteiger partial charge in [0.15, 0.2) is 0 Å². The molecule has 32 heavy (non-hydrogen) atoms. The standard InChI is InChI=1S/C24H28N4O4/c1-16(2)12-21(28-24(31)32-15-19-6-4-3-5-7-19)23(30)27-20(22(26)29)13-17-8-10-18(14-25)11-9-17/h3-11,16,20-21H,12-13,15H2,1-2H3,(H2,26,29)(H,27,30)(H,28,31)/t20-,21+/m1/s1. The summed E-state index contributed by atoms with van der Waals surface area (Å²) in [5.41, 5.74) is 7.54. The number of hydrogen-bond acceptors (Lipinski definition) is 5. The summed E-state index contributed by atoms with van der Waals surface area (Å²) in [6, 6.07) is 16.0. The molecule has 2 aromatic carbocycles. The van der Waals surface area contributed by atoms with Crippen molar-refractivity contribution in [2.24, 2.45) is 11.7 Å². The molecular formula is C24H28N4O4. The molecule has 0 saturated heterocycles. The topological polar surface area (TPSA) is 134 Å². The van der Waals surface area contributed by atoms with Crippen LogP contribution in [0.5, 0.6) is 0 Å². The number of amides is 3. The maximum absolute atomic E-state index is 12.9. The first-order valence-corrected chi connectivity index (χ1v) is 10.3. The molecule has 2 rings (SSSR count). The molecule has 0 aliphatic carbocycles. The van der Waals surface area contributed by atoms with Gasteiger partial charge in [-0.25, -0.2) is 4.79 Å². The van der Waals surface area contributed by atoms with E-state index < -0.39 is 30.0 Å². The third-order valence-electron chi connectivity index (χ3n) is 4.71. The minimum Gasteiger partial charge on any atom is -0.445 e. The number of carbonyl (C=O) groups is 3. The van der Waals surface area contributed by atoms with E-state index in [2.05, 4.69) is 10.6 Å². The molecule has 4 N–H and O–H groups in total. The van der Waals surface area contributed by atoms with Gasteiger partial charge in [-0.3, -0.25) is 9.59 Å². The van der Waals surface area contributed by atoms with Gasteiger partial charge in [-0.1, -0.05) is 56.3 Å². The van der Waals surface area contributed by atoms with Crippen LogP contribution < -0.4 is 16.4 Å². The second kappa shape index (κ2) is 12.1. The van der Waals surface area contributed by atoms with Crippen LogP contribution in [0, 0.1) is 17.2 Å². The van der Waals surface area contributed by atoms with Gasteiger partial charge in [0, 0.05) is 6.42 Å². The van der Waals surface area contributed by atoms with Gasteiger partial charge in [0.2, 0.25) is 11.8 Å². The van der Waals surface area contributed by atoms with Crippen molar-refractivity contribution in [2.75, 3.05) is 0 Å². The molecule has 0 saturated carbocycles. The molecule has 0 aliphatic heterocycles. The van der Waals surface area contributed by atoms with Crippen LogP contribution >= 0.6 is 0 Å². The van der Waals surface area contributed by atoms with Gasteiger partial charge in [0.05, 0.1) is 11.6 Å². The van der Waals surface area contributed by atoms with Crippen molar-refractivity contribution in [3.8, 4) is 6.07 Å². The number of primary amides is 1. The molecule has 0 fully saturated rings. The number of rotatable bonds is 10. The average molecular weight is 437 g/mol. The Morgan fingerprint density at radius 1 is 0.969 bits per heavy atom. The smallest absolute Gasteiger partial charge is 0.408 e. The molecule has 168 valence electrons. The van der Waals surface area contributed by atoms with Crippen LogP contribution in [-0.2, 0) is 27.4 Å². The van der Waals surface area contributed by atoms with Gasteiger partial charge in [-0.2, -0.15) is 5.26 Å². The molecule has 8 heteroatoms. The molecule has 0 bridgehead atoms. The van der Waals surface area contributed by atoms with Gasteiger partial charge in [-0.15, -0.1) is 0 Å². The number of nitrogens with one attached hydrogen (secondary N) is 2. The van der Waals surface area contributed by atoms with Gasteiger partial charge < -0.3 is 21.1 Å². The Bertz CT molecular complexity index is 952. The normalized spacial score (nSPS) is 12.3. The quantitative estimate of drug-likeness (QED) is 0.526. The summed E-state index contributed by atoms with van der Waals surface area (Å²) >= 11 is 0. The average Bonchev–Trinajstić information content (AvgIpc) is 2.77. The molecule has 2 aromatic rings. The first kappa shape index (κ1) is 24.4. The van der Waals surface area contributed by atoms with Crippen molar-refractivity contribution in [3.63, 3.8) is 0 Å². The summed E-state index contributed by atoms with van der Waals surface area (Å²) in [6.07, 6.45) is -0.203. The van der Waals surface area contributed by atoms with Gasteiger partial charge in [-0.05, 0) is 35.6 Å². The molecular weight excluding hydrogens is 408 g/mol. The van der Waals surface area contributed by atoms with Crippen molar-refractivity contribution < 1.29 is 19.1 Å². The first-order valence-electron chi connectivity index (χ1n) is 10.3. The molecule has 0 aromatic heterocycles. The third-order valence-corrected chi connectivity index (χ3v) is 4.71. The molecule has 2 atom stereocenters. The van der Waals surface area contributed by atoms with Crippen LogP contribution in [0.4, 0.5) is 4.79 Å². The van der Waals surface area contributed by atoms with E-state index in [1.807, 2.05) is 50.2 Å². The van der Waals surface area contributed by atoms with E-state index in [1.165, 1.54) is 0 Å². The minimum atomic E-state index is -0.966. The fourth-order valence-corrected chi connectivity index (χ4v) is 3.06. The lowest BCUT2D eigenvalue weighted by Crippen LogP contribution is -2.54. The van der Waals surface area contributed by atoms with E-state index in [9.17, 15) is 14.4 Å². The van der Waals surface area contributed by atoms with E-state index in [-0.39, 0.29) is 18.9 Å². The monoisotopic (exact) mass is 436 g/mol. The Balaban J connectivity index is 2.00. The van der Waals surface area contributed by atoms with Crippen molar-refractivity contribution in [3.05, 3.63) is 71.3 Å².